The van der Waals surface area contributed by atoms with Gasteiger partial charge in [0.2, 0.25) is 0 Å². The van der Waals surface area contributed by atoms with Gasteiger partial charge < -0.3 is 14.4 Å². The average molecular weight is 897 g/mol. The van der Waals surface area contributed by atoms with Crippen molar-refractivity contribution in [2.75, 3.05) is 20.3 Å². The summed E-state index contributed by atoms with van der Waals surface area (Å²) < 4.78 is 32.2. The van der Waals surface area contributed by atoms with Crippen LogP contribution in [0.3, 0.4) is 0 Å². The quantitative estimate of drug-likeness (QED) is 0.0278. The van der Waals surface area contributed by atoms with Gasteiger partial charge in [-0.2, -0.15) is 0 Å². The fraction of sp³-hybridized carbons (Fsp3) is 0.887. The van der Waals surface area contributed by atoms with E-state index in [1.54, 1.807) is 0 Å². The summed E-state index contributed by atoms with van der Waals surface area (Å²) in [6.07, 6.45) is 58.2. The predicted molar refractivity (Wildman–Crippen MR) is 263 cm³/mol. The summed E-state index contributed by atoms with van der Waals surface area (Å²) in [6, 6.07) is 0. The summed E-state index contributed by atoms with van der Waals surface area (Å²) in [7, 11) is -3.20. The van der Waals surface area contributed by atoms with Crippen molar-refractivity contribution in [3.8, 4) is 0 Å². The van der Waals surface area contributed by atoms with Gasteiger partial charge in [-0.25, -0.2) is 4.57 Å². The van der Waals surface area contributed by atoms with Crippen molar-refractivity contribution in [1.82, 2.24) is 0 Å². The van der Waals surface area contributed by atoms with E-state index in [0.29, 0.717) is 12.8 Å². The molecule has 62 heavy (non-hydrogen) atoms. The van der Waals surface area contributed by atoms with Crippen molar-refractivity contribution in [1.29, 1.82) is 0 Å². The molecule has 366 valence electrons. The maximum atomic E-state index is 12.6. The summed E-state index contributed by atoms with van der Waals surface area (Å²) in [5.41, 5.74) is 0. The molecule has 0 fully saturated rings. The highest BCUT2D eigenvalue weighted by atomic mass is 31.2. The van der Waals surface area contributed by atoms with Crippen LogP contribution in [-0.4, -0.2) is 43.3 Å². The minimum absolute atomic E-state index is 0.222. The van der Waals surface area contributed by atoms with E-state index in [9.17, 15) is 19.0 Å². The van der Waals surface area contributed by atoms with E-state index in [1.165, 1.54) is 199 Å². The number of rotatable bonds is 50. The number of phosphoric ester groups is 1. The maximum absolute atomic E-state index is 12.6. The van der Waals surface area contributed by atoms with Crippen LogP contribution in [0.4, 0.5) is 0 Å². The van der Waals surface area contributed by atoms with Gasteiger partial charge in [-0.1, -0.05) is 244 Å². The largest absolute Gasteiger partial charge is 0.472 e. The maximum Gasteiger partial charge on any atom is 0.472 e. The lowest BCUT2D eigenvalue weighted by molar-refractivity contribution is -0.161. The van der Waals surface area contributed by atoms with Crippen molar-refractivity contribution >= 4 is 19.8 Å². The van der Waals surface area contributed by atoms with E-state index >= 15 is 0 Å². The van der Waals surface area contributed by atoms with E-state index in [0.717, 1.165) is 52.1 Å². The Labute approximate surface area is 383 Å². The van der Waals surface area contributed by atoms with Crippen LogP contribution in [0.5, 0.6) is 0 Å². The number of allylic oxidation sites excluding steroid dienone is 4. The monoisotopic (exact) mass is 897 g/mol. The second kappa shape index (κ2) is 49.0. The smallest absolute Gasteiger partial charge is 0.462 e. The standard InChI is InChI=1S/C53H101O8P/c1-4-6-8-10-12-14-16-18-20-22-24-26-28-29-31-33-35-37-39-41-43-45-47-52(54)59-49-51(50-60-62(56,57)58-3)61-53(55)48-46-44-42-40-38-36-34-32-30-27-25-23-21-19-17-15-13-11-9-7-5-2/h17,19,23,25,51H,4-16,18,20-22,24,26-50H2,1-3H3,(H,56,57)/b19-17-,25-23-. The summed E-state index contributed by atoms with van der Waals surface area (Å²) in [5, 5.41) is 0. The van der Waals surface area contributed by atoms with Crippen LogP contribution in [0.1, 0.15) is 277 Å². The second-order valence-electron chi connectivity index (χ2n) is 18.0. The van der Waals surface area contributed by atoms with Crippen LogP contribution in [0, 0.1) is 0 Å². The first-order chi connectivity index (χ1) is 30.3. The number of unbranched alkanes of at least 4 members (excludes halogenated alkanes) is 35. The molecule has 8 nitrogen and oxygen atoms in total. The lowest BCUT2D eigenvalue weighted by atomic mass is 10.0. The predicted octanol–water partition coefficient (Wildman–Crippen LogP) is 17.4. The summed E-state index contributed by atoms with van der Waals surface area (Å²) >= 11 is 0. The number of carbonyl (C=O) groups excluding carboxylic acids is 2. The van der Waals surface area contributed by atoms with E-state index in [1.807, 2.05) is 0 Å². The summed E-state index contributed by atoms with van der Waals surface area (Å²) in [4.78, 5) is 34.7. The van der Waals surface area contributed by atoms with Gasteiger partial charge >= 0.3 is 19.8 Å². The Morgan fingerprint density at radius 1 is 0.452 bits per heavy atom. The molecule has 0 aliphatic heterocycles. The highest BCUT2D eigenvalue weighted by molar-refractivity contribution is 7.47. The Morgan fingerprint density at radius 2 is 0.774 bits per heavy atom. The molecule has 0 saturated carbocycles. The van der Waals surface area contributed by atoms with Gasteiger partial charge in [0.1, 0.15) is 6.61 Å². The number of phosphoric acid groups is 1. The Hall–Kier alpha value is -1.47. The zero-order valence-electron chi connectivity index (χ0n) is 41.0. The molecule has 2 atom stereocenters. The Bertz CT molecular complexity index is 1060. The second-order valence-corrected chi connectivity index (χ2v) is 19.6. The molecule has 0 bridgehead atoms. The molecular weight excluding hydrogens is 796 g/mol. The molecule has 0 saturated heterocycles. The molecular formula is C53H101O8P. The van der Waals surface area contributed by atoms with Crippen molar-refractivity contribution in [2.24, 2.45) is 0 Å². The minimum Gasteiger partial charge on any atom is -0.462 e. The van der Waals surface area contributed by atoms with E-state index in [4.69, 9.17) is 14.0 Å². The number of ether oxygens (including phenoxy) is 2. The SMILES string of the molecule is CCCCCCC/C=C\C/C=C\CCCCCCCCCCCC(=O)OC(COC(=O)CCCCCCCCCCCCCCCCCCCCCCCC)COP(=O)(O)OC. The first kappa shape index (κ1) is 60.5. The van der Waals surface area contributed by atoms with Crippen molar-refractivity contribution < 1.29 is 37.6 Å². The van der Waals surface area contributed by atoms with Gasteiger partial charge in [0.25, 0.3) is 0 Å². The van der Waals surface area contributed by atoms with Crippen LogP contribution in [0.25, 0.3) is 0 Å². The van der Waals surface area contributed by atoms with Gasteiger partial charge in [0, 0.05) is 20.0 Å². The molecule has 1 N–H and O–H groups in total. The zero-order valence-corrected chi connectivity index (χ0v) is 41.9. The normalized spacial score (nSPS) is 13.3. The zero-order chi connectivity index (χ0) is 45.3. The van der Waals surface area contributed by atoms with E-state index in [-0.39, 0.29) is 19.0 Å². The van der Waals surface area contributed by atoms with Crippen LogP contribution in [-0.2, 0) is 32.7 Å². The van der Waals surface area contributed by atoms with Crippen LogP contribution in [0.2, 0.25) is 0 Å². The molecule has 0 radical (unpaired) electrons. The molecule has 0 rings (SSSR count). The van der Waals surface area contributed by atoms with Gasteiger partial charge in [-0.05, 0) is 44.9 Å². The third-order valence-electron chi connectivity index (χ3n) is 11.9. The number of hydrogen-bond donors (Lipinski definition) is 1. The fourth-order valence-electron chi connectivity index (χ4n) is 7.87. The third-order valence-corrected chi connectivity index (χ3v) is 12.9. The molecule has 0 aromatic heterocycles. The number of esters is 2. The molecule has 0 aromatic rings. The highest BCUT2D eigenvalue weighted by Gasteiger charge is 2.24. The van der Waals surface area contributed by atoms with E-state index in [2.05, 4.69) is 42.7 Å². The minimum atomic E-state index is -4.27. The lowest BCUT2D eigenvalue weighted by Gasteiger charge is -2.19. The Balaban J connectivity index is 3.86. The van der Waals surface area contributed by atoms with Gasteiger partial charge in [0.05, 0.1) is 6.61 Å². The molecule has 0 aliphatic rings. The molecule has 0 spiro atoms. The first-order valence-electron chi connectivity index (χ1n) is 26.5. The van der Waals surface area contributed by atoms with Crippen LogP contribution >= 0.6 is 7.82 Å². The molecule has 0 aromatic carbocycles. The van der Waals surface area contributed by atoms with Gasteiger partial charge in [-0.3, -0.25) is 18.6 Å². The van der Waals surface area contributed by atoms with Gasteiger partial charge in [-0.15, -0.1) is 0 Å². The molecule has 2 unspecified atom stereocenters. The lowest BCUT2D eigenvalue weighted by Crippen LogP contribution is -2.29. The van der Waals surface area contributed by atoms with Gasteiger partial charge in [0.15, 0.2) is 6.10 Å². The molecule has 0 amide bonds. The third kappa shape index (κ3) is 48.0. The highest BCUT2D eigenvalue weighted by Crippen LogP contribution is 2.42. The van der Waals surface area contributed by atoms with E-state index < -0.39 is 26.5 Å². The molecule has 9 heteroatoms. The Kier molecular flexibility index (Phi) is 47.8. The Morgan fingerprint density at radius 3 is 1.13 bits per heavy atom. The van der Waals surface area contributed by atoms with Crippen molar-refractivity contribution in [3.05, 3.63) is 24.3 Å². The average Bonchev–Trinajstić information content (AvgIpc) is 3.26. The molecule has 0 heterocycles. The van der Waals surface area contributed by atoms with Crippen LogP contribution in [0.15, 0.2) is 24.3 Å². The first-order valence-corrected chi connectivity index (χ1v) is 28.0. The number of hydrogen-bond acceptors (Lipinski definition) is 7. The summed E-state index contributed by atoms with van der Waals surface area (Å²) in [5.74, 6) is -0.792. The summed E-state index contributed by atoms with van der Waals surface area (Å²) in [6.45, 7) is 3.93. The van der Waals surface area contributed by atoms with Crippen molar-refractivity contribution in [2.45, 2.75) is 283 Å². The number of carbonyl (C=O) groups is 2. The molecule has 0 aliphatic carbocycles. The van der Waals surface area contributed by atoms with Crippen molar-refractivity contribution in [3.63, 3.8) is 0 Å². The topological polar surface area (TPSA) is 108 Å². The van der Waals surface area contributed by atoms with Crippen LogP contribution < -0.4 is 0 Å². The fourth-order valence-corrected chi connectivity index (χ4v) is 8.33.